The third kappa shape index (κ3) is 2.36. The number of hydrogen-bond donors (Lipinski definition) is 2. The molecule has 0 radical (unpaired) electrons. The molecule has 2 N–H and O–H groups in total. The van der Waals surface area contributed by atoms with Gasteiger partial charge in [0.15, 0.2) is 0 Å². The Morgan fingerprint density at radius 2 is 2.00 bits per heavy atom. The highest BCUT2D eigenvalue weighted by atomic mass is 16.5. The lowest BCUT2D eigenvalue weighted by molar-refractivity contribution is -0.159. The topological polar surface area (TPSA) is 66.8 Å². The molecule has 4 aliphatic carbocycles. The minimum atomic E-state index is -0.375. The second-order valence-corrected chi connectivity index (χ2v) is 9.51. The largest absolute Gasteiger partial charge is 0.469 e. The van der Waals surface area contributed by atoms with Crippen molar-refractivity contribution in [3.05, 3.63) is 11.6 Å². The van der Waals surface area contributed by atoms with Gasteiger partial charge in [0.05, 0.1) is 25.2 Å². The van der Waals surface area contributed by atoms with E-state index in [1.807, 2.05) is 0 Å². The average molecular weight is 348 g/mol. The zero-order valence-electron chi connectivity index (χ0n) is 15.7. The summed E-state index contributed by atoms with van der Waals surface area (Å²) < 4.78 is 5.08. The van der Waals surface area contributed by atoms with Crippen molar-refractivity contribution in [2.24, 2.45) is 34.5 Å². The van der Waals surface area contributed by atoms with E-state index in [0.717, 1.165) is 38.5 Å². The van der Waals surface area contributed by atoms with Crippen LogP contribution in [0.15, 0.2) is 11.6 Å². The smallest absolute Gasteiger partial charge is 0.309 e. The molecule has 7 unspecified atom stereocenters. The Labute approximate surface area is 150 Å². The van der Waals surface area contributed by atoms with Crippen LogP contribution in [0.4, 0.5) is 0 Å². The van der Waals surface area contributed by atoms with Gasteiger partial charge < -0.3 is 14.9 Å². The van der Waals surface area contributed by atoms with Crippen molar-refractivity contribution in [1.82, 2.24) is 0 Å². The van der Waals surface area contributed by atoms with Gasteiger partial charge in [-0.05, 0) is 73.5 Å². The minimum Gasteiger partial charge on any atom is -0.469 e. The molecule has 0 saturated heterocycles. The van der Waals surface area contributed by atoms with Crippen molar-refractivity contribution < 1.29 is 19.7 Å². The second kappa shape index (κ2) is 5.82. The van der Waals surface area contributed by atoms with Crippen molar-refractivity contribution >= 4 is 5.97 Å². The van der Waals surface area contributed by atoms with Crippen molar-refractivity contribution in [2.75, 3.05) is 7.11 Å². The average Bonchev–Trinajstić information content (AvgIpc) is 2.91. The van der Waals surface area contributed by atoms with Crippen molar-refractivity contribution in [1.29, 1.82) is 0 Å². The fourth-order valence-corrected chi connectivity index (χ4v) is 7.30. The molecule has 0 aromatic carbocycles. The van der Waals surface area contributed by atoms with Crippen LogP contribution in [-0.4, -0.2) is 35.5 Å². The van der Waals surface area contributed by atoms with Gasteiger partial charge in [-0.3, -0.25) is 4.79 Å². The number of carbonyl (C=O) groups is 1. The molecule has 0 aromatic rings. The van der Waals surface area contributed by atoms with Crippen molar-refractivity contribution in [3.8, 4) is 0 Å². The Kier molecular flexibility index (Phi) is 4.08. The maximum Gasteiger partial charge on any atom is 0.309 e. The molecular weight excluding hydrogens is 316 g/mol. The molecule has 0 aromatic heterocycles. The van der Waals surface area contributed by atoms with Gasteiger partial charge in [0.1, 0.15) is 0 Å². The van der Waals surface area contributed by atoms with Crippen LogP contribution in [0.25, 0.3) is 0 Å². The van der Waals surface area contributed by atoms with E-state index in [1.54, 1.807) is 0 Å². The molecule has 8 atom stereocenters. The third-order valence-electron chi connectivity index (χ3n) is 8.49. The van der Waals surface area contributed by atoms with Crippen LogP contribution in [0.2, 0.25) is 0 Å². The Morgan fingerprint density at radius 3 is 2.72 bits per heavy atom. The van der Waals surface area contributed by atoms with Gasteiger partial charge in [-0.1, -0.05) is 25.5 Å². The molecule has 25 heavy (non-hydrogen) atoms. The molecule has 0 amide bonds. The lowest BCUT2D eigenvalue weighted by Gasteiger charge is -2.59. The summed E-state index contributed by atoms with van der Waals surface area (Å²) in [4.78, 5) is 12.3. The van der Waals surface area contributed by atoms with Gasteiger partial charge in [0.2, 0.25) is 0 Å². The molecule has 140 valence electrons. The zero-order valence-corrected chi connectivity index (χ0v) is 15.7. The van der Waals surface area contributed by atoms with Gasteiger partial charge in [-0.2, -0.15) is 0 Å². The first-order valence-corrected chi connectivity index (χ1v) is 9.94. The fourth-order valence-electron chi connectivity index (χ4n) is 7.30. The number of rotatable bonds is 1. The van der Waals surface area contributed by atoms with Gasteiger partial charge in [0.25, 0.3) is 0 Å². The predicted molar refractivity (Wildman–Crippen MR) is 94.6 cm³/mol. The number of hydrogen-bond acceptors (Lipinski definition) is 4. The molecule has 4 rings (SSSR count). The van der Waals surface area contributed by atoms with Gasteiger partial charge in [0, 0.05) is 0 Å². The molecule has 0 spiro atoms. The van der Waals surface area contributed by atoms with E-state index in [-0.39, 0.29) is 40.8 Å². The van der Waals surface area contributed by atoms with Gasteiger partial charge >= 0.3 is 5.97 Å². The summed E-state index contributed by atoms with van der Waals surface area (Å²) in [5.74, 6) is 0.993. The normalized spacial score (nSPS) is 51.8. The van der Waals surface area contributed by atoms with E-state index < -0.39 is 0 Å². The van der Waals surface area contributed by atoms with Crippen LogP contribution >= 0.6 is 0 Å². The van der Waals surface area contributed by atoms with Crippen molar-refractivity contribution in [3.63, 3.8) is 0 Å². The second-order valence-electron chi connectivity index (χ2n) is 9.51. The predicted octanol–water partition coefficient (Wildman–Crippen LogP) is 3.07. The molecule has 4 heteroatoms. The Hall–Kier alpha value is -0.870. The van der Waals surface area contributed by atoms with E-state index >= 15 is 0 Å². The maximum absolute atomic E-state index is 12.3. The minimum absolute atomic E-state index is 0.00620. The van der Waals surface area contributed by atoms with E-state index in [0.29, 0.717) is 18.3 Å². The molecule has 0 heterocycles. The molecule has 3 fully saturated rings. The van der Waals surface area contributed by atoms with Gasteiger partial charge in [-0.25, -0.2) is 0 Å². The number of ether oxygens (including phenoxy) is 1. The standard InChI is InChI=1S/C21H32O4/c1-20-9-8-13(22)10-12(20)4-5-14-15-6-7-16(19(24)25-3)21(15,2)11-17(23)18(14)20/h4,13-18,22-23H,5-11H2,1-3H3/t13?,14?,15?,16?,17?,18?,20?,21-/m0/s1. The van der Waals surface area contributed by atoms with Crippen molar-refractivity contribution in [2.45, 2.75) is 71.0 Å². The third-order valence-corrected chi connectivity index (χ3v) is 8.49. The summed E-state index contributed by atoms with van der Waals surface area (Å²) >= 11 is 0. The first kappa shape index (κ1) is 17.5. The number of fused-ring (bicyclic) bond motifs is 5. The van der Waals surface area contributed by atoms with Crippen LogP contribution in [0.3, 0.4) is 0 Å². The molecule has 0 aliphatic heterocycles. The monoisotopic (exact) mass is 348 g/mol. The first-order valence-electron chi connectivity index (χ1n) is 9.94. The summed E-state index contributed by atoms with van der Waals surface area (Å²) in [6.07, 6.45) is 7.93. The van der Waals surface area contributed by atoms with E-state index in [1.165, 1.54) is 12.7 Å². The Morgan fingerprint density at radius 1 is 1.24 bits per heavy atom. The van der Waals surface area contributed by atoms with E-state index in [9.17, 15) is 15.0 Å². The summed E-state index contributed by atoms with van der Waals surface area (Å²) in [7, 11) is 1.48. The van der Waals surface area contributed by atoms with Crippen LogP contribution in [-0.2, 0) is 9.53 Å². The quantitative estimate of drug-likeness (QED) is 0.564. The summed E-state index contributed by atoms with van der Waals surface area (Å²) in [5.41, 5.74) is 1.22. The lowest BCUT2D eigenvalue weighted by Crippen LogP contribution is -2.56. The maximum atomic E-state index is 12.3. The number of aliphatic hydroxyl groups excluding tert-OH is 2. The van der Waals surface area contributed by atoms with Crippen LogP contribution in [0.5, 0.6) is 0 Å². The molecule has 3 saturated carbocycles. The fraction of sp³-hybridized carbons (Fsp3) is 0.857. The first-order chi connectivity index (χ1) is 11.8. The van der Waals surface area contributed by atoms with E-state index in [4.69, 9.17) is 4.74 Å². The number of carbonyl (C=O) groups excluding carboxylic acids is 1. The van der Waals surface area contributed by atoms with Gasteiger partial charge in [-0.15, -0.1) is 0 Å². The molecule has 0 bridgehead atoms. The number of aliphatic hydroxyl groups is 2. The SMILES string of the molecule is COC(=O)C1CCC2C3CC=C4CC(O)CCC4(C)C3C(O)C[C@]12C. The highest BCUT2D eigenvalue weighted by molar-refractivity contribution is 5.74. The highest BCUT2D eigenvalue weighted by Crippen LogP contribution is 2.66. The number of allylic oxidation sites excluding steroid dienone is 1. The molecule has 4 aliphatic rings. The summed E-state index contributed by atoms with van der Waals surface area (Å²) in [6.45, 7) is 4.51. The van der Waals surface area contributed by atoms with Crippen LogP contribution < -0.4 is 0 Å². The Bertz CT molecular complexity index is 599. The lowest BCUT2D eigenvalue weighted by atomic mass is 9.46. The molecular formula is C21H32O4. The molecule has 4 nitrogen and oxygen atoms in total. The highest BCUT2D eigenvalue weighted by Gasteiger charge is 2.62. The Balaban J connectivity index is 1.69. The van der Waals surface area contributed by atoms with Crippen LogP contribution in [0.1, 0.15) is 58.8 Å². The summed E-state index contributed by atoms with van der Waals surface area (Å²) in [6, 6.07) is 0. The zero-order chi connectivity index (χ0) is 18.0. The number of esters is 1. The number of methoxy groups -OCH3 is 1. The van der Waals surface area contributed by atoms with Crippen LogP contribution in [0, 0.1) is 34.5 Å². The summed E-state index contributed by atoms with van der Waals surface area (Å²) in [5, 5.41) is 21.3. The van der Waals surface area contributed by atoms with E-state index in [2.05, 4.69) is 19.9 Å².